The molecule has 19 heavy (non-hydrogen) atoms. The van der Waals surface area contributed by atoms with Gasteiger partial charge in [-0.2, -0.15) is 0 Å². The van der Waals surface area contributed by atoms with Gasteiger partial charge in [-0.05, 0) is 42.8 Å². The van der Waals surface area contributed by atoms with Crippen LogP contribution in [-0.2, 0) is 13.1 Å². The molecule has 2 N–H and O–H groups in total. The van der Waals surface area contributed by atoms with E-state index in [1.165, 1.54) is 46.3 Å². The highest BCUT2D eigenvalue weighted by Crippen LogP contribution is 2.33. The fraction of sp³-hybridized carbons (Fsp3) is 0.500. The van der Waals surface area contributed by atoms with Crippen molar-refractivity contribution in [3.63, 3.8) is 0 Å². The number of thiophene rings is 1. The molecule has 3 rings (SSSR count). The van der Waals surface area contributed by atoms with E-state index >= 15 is 0 Å². The van der Waals surface area contributed by atoms with Crippen molar-refractivity contribution in [2.24, 2.45) is 5.73 Å². The predicted molar refractivity (Wildman–Crippen MR) is 83.4 cm³/mol. The van der Waals surface area contributed by atoms with Crippen LogP contribution < -0.4 is 5.73 Å². The van der Waals surface area contributed by atoms with Gasteiger partial charge in [-0.1, -0.05) is 25.1 Å². The van der Waals surface area contributed by atoms with Gasteiger partial charge in [0.2, 0.25) is 0 Å². The highest BCUT2D eigenvalue weighted by molar-refractivity contribution is 7.19. The Balaban J connectivity index is 1.95. The lowest BCUT2D eigenvalue weighted by Gasteiger charge is -2.23. The smallest absolute Gasteiger partial charge is 0.0349 e. The summed E-state index contributed by atoms with van der Waals surface area (Å²) in [4.78, 5) is 4.01. The number of rotatable bonds is 4. The highest BCUT2D eigenvalue weighted by atomic mass is 32.1. The van der Waals surface area contributed by atoms with E-state index in [0.29, 0.717) is 6.54 Å². The molecule has 102 valence electrons. The summed E-state index contributed by atoms with van der Waals surface area (Å²) in [7, 11) is 0. The maximum Gasteiger partial charge on any atom is 0.0349 e. The van der Waals surface area contributed by atoms with Gasteiger partial charge in [0.15, 0.2) is 0 Å². The zero-order valence-electron chi connectivity index (χ0n) is 11.6. The molecule has 1 aromatic heterocycles. The summed E-state index contributed by atoms with van der Waals surface area (Å²) in [6, 6.07) is 9.49. The van der Waals surface area contributed by atoms with Crippen molar-refractivity contribution in [1.82, 2.24) is 4.90 Å². The first-order chi connectivity index (χ1) is 9.33. The van der Waals surface area contributed by atoms with Crippen molar-refractivity contribution in [3.8, 4) is 0 Å². The summed E-state index contributed by atoms with van der Waals surface area (Å²) in [6.45, 7) is 5.29. The minimum Gasteiger partial charge on any atom is -0.326 e. The van der Waals surface area contributed by atoms with Crippen LogP contribution in [0.15, 0.2) is 24.3 Å². The first kappa shape index (κ1) is 13.1. The van der Waals surface area contributed by atoms with E-state index in [1.807, 2.05) is 11.3 Å². The molecular weight excluding hydrogens is 252 g/mol. The van der Waals surface area contributed by atoms with E-state index in [0.717, 1.165) is 12.6 Å². The number of hydrogen-bond donors (Lipinski definition) is 1. The SMILES string of the molecule is CCC1CCCN1Cc1c(CN)sc2ccccc12. The Morgan fingerprint density at radius 2 is 2.21 bits per heavy atom. The van der Waals surface area contributed by atoms with Crippen molar-refractivity contribution in [1.29, 1.82) is 0 Å². The van der Waals surface area contributed by atoms with Gasteiger partial charge in [0, 0.05) is 28.7 Å². The molecular formula is C16H22N2S. The van der Waals surface area contributed by atoms with Gasteiger partial charge in [-0.3, -0.25) is 4.90 Å². The van der Waals surface area contributed by atoms with E-state index in [1.54, 1.807) is 0 Å². The lowest BCUT2D eigenvalue weighted by Crippen LogP contribution is -2.28. The Hall–Kier alpha value is -0.900. The molecule has 1 aromatic carbocycles. The monoisotopic (exact) mass is 274 g/mol. The van der Waals surface area contributed by atoms with Crippen molar-refractivity contribution >= 4 is 21.4 Å². The second kappa shape index (κ2) is 5.61. The lowest BCUT2D eigenvalue weighted by atomic mass is 10.1. The molecule has 0 aliphatic carbocycles. The zero-order valence-corrected chi connectivity index (χ0v) is 12.4. The molecule has 3 heteroatoms. The molecule has 1 atom stereocenters. The molecule has 1 fully saturated rings. The molecule has 1 aliphatic heterocycles. The normalized spacial score (nSPS) is 20.4. The molecule has 0 radical (unpaired) electrons. The topological polar surface area (TPSA) is 29.3 Å². The minimum atomic E-state index is 0.666. The molecule has 1 aliphatic rings. The van der Waals surface area contributed by atoms with Crippen LogP contribution in [0.1, 0.15) is 36.6 Å². The third kappa shape index (κ3) is 2.42. The summed E-state index contributed by atoms with van der Waals surface area (Å²) in [6.07, 6.45) is 3.97. The van der Waals surface area contributed by atoms with Crippen LogP contribution in [0.2, 0.25) is 0 Å². The standard InChI is InChI=1S/C16H22N2S/c1-2-12-6-5-9-18(12)11-14-13-7-3-4-8-15(13)19-16(14)10-17/h3-4,7-8,12H,2,5-6,9-11,17H2,1H3. The van der Waals surface area contributed by atoms with Gasteiger partial charge in [0.25, 0.3) is 0 Å². The molecule has 1 saturated heterocycles. The van der Waals surface area contributed by atoms with E-state index in [-0.39, 0.29) is 0 Å². The number of likely N-dealkylation sites (tertiary alicyclic amines) is 1. The van der Waals surface area contributed by atoms with Gasteiger partial charge in [-0.15, -0.1) is 11.3 Å². The first-order valence-electron chi connectivity index (χ1n) is 7.27. The average molecular weight is 274 g/mol. The fourth-order valence-electron chi connectivity index (χ4n) is 3.26. The summed E-state index contributed by atoms with van der Waals surface area (Å²) >= 11 is 1.86. The number of fused-ring (bicyclic) bond motifs is 1. The van der Waals surface area contributed by atoms with E-state index in [9.17, 15) is 0 Å². The minimum absolute atomic E-state index is 0.666. The van der Waals surface area contributed by atoms with E-state index in [2.05, 4.69) is 36.1 Å². The van der Waals surface area contributed by atoms with Crippen molar-refractivity contribution < 1.29 is 0 Å². The molecule has 0 saturated carbocycles. The van der Waals surface area contributed by atoms with Crippen LogP contribution in [0.4, 0.5) is 0 Å². The van der Waals surface area contributed by atoms with Gasteiger partial charge < -0.3 is 5.73 Å². The van der Waals surface area contributed by atoms with Crippen LogP contribution >= 0.6 is 11.3 Å². The second-order valence-corrected chi connectivity index (χ2v) is 6.52. The Morgan fingerprint density at radius 1 is 1.37 bits per heavy atom. The number of benzene rings is 1. The molecule has 0 spiro atoms. The van der Waals surface area contributed by atoms with Crippen LogP contribution in [-0.4, -0.2) is 17.5 Å². The van der Waals surface area contributed by atoms with E-state index < -0.39 is 0 Å². The lowest BCUT2D eigenvalue weighted by molar-refractivity contribution is 0.240. The molecule has 2 heterocycles. The molecule has 1 unspecified atom stereocenters. The Labute approximate surface area is 119 Å². The predicted octanol–water partition coefficient (Wildman–Crippen LogP) is 3.73. The van der Waals surface area contributed by atoms with Crippen molar-refractivity contribution in [2.75, 3.05) is 6.54 Å². The van der Waals surface area contributed by atoms with Crippen molar-refractivity contribution in [3.05, 3.63) is 34.7 Å². The summed E-state index contributed by atoms with van der Waals surface area (Å²) in [5.74, 6) is 0. The third-order valence-corrected chi connectivity index (χ3v) is 5.53. The van der Waals surface area contributed by atoms with Gasteiger partial charge in [0.05, 0.1) is 0 Å². The first-order valence-corrected chi connectivity index (χ1v) is 8.08. The number of nitrogens with two attached hydrogens (primary N) is 1. The van der Waals surface area contributed by atoms with Crippen molar-refractivity contribution in [2.45, 2.75) is 45.3 Å². The molecule has 2 aromatic rings. The van der Waals surface area contributed by atoms with Crippen LogP contribution in [0, 0.1) is 0 Å². The largest absolute Gasteiger partial charge is 0.326 e. The van der Waals surface area contributed by atoms with E-state index in [4.69, 9.17) is 5.73 Å². The van der Waals surface area contributed by atoms with Gasteiger partial charge >= 0.3 is 0 Å². The Morgan fingerprint density at radius 3 is 3.00 bits per heavy atom. The second-order valence-electron chi connectivity index (χ2n) is 5.38. The maximum atomic E-state index is 5.95. The van der Waals surface area contributed by atoms with Crippen LogP contribution in [0.3, 0.4) is 0 Å². The number of hydrogen-bond acceptors (Lipinski definition) is 3. The average Bonchev–Trinajstić information content (AvgIpc) is 3.04. The molecule has 0 bridgehead atoms. The Kier molecular flexibility index (Phi) is 3.87. The fourth-order valence-corrected chi connectivity index (χ4v) is 4.35. The summed E-state index contributed by atoms with van der Waals surface area (Å²) < 4.78 is 1.38. The summed E-state index contributed by atoms with van der Waals surface area (Å²) in [5, 5.41) is 1.41. The highest BCUT2D eigenvalue weighted by Gasteiger charge is 2.24. The zero-order chi connectivity index (χ0) is 13.2. The van der Waals surface area contributed by atoms with Crippen LogP contribution in [0.5, 0.6) is 0 Å². The number of nitrogens with zero attached hydrogens (tertiary/aromatic N) is 1. The van der Waals surface area contributed by atoms with Gasteiger partial charge in [0.1, 0.15) is 0 Å². The van der Waals surface area contributed by atoms with Crippen LogP contribution in [0.25, 0.3) is 10.1 Å². The third-order valence-electron chi connectivity index (χ3n) is 4.30. The molecule has 2 nitrogen and oxygen atoms in total. The molecule has 0 amide bonds. The van der Waals surface area contributed by atoms with Gasteiger partial charge in [-0.25, -0.2) is 0 Å². The Bertz CT molecular complexity index is 561. The summed E-state index contributed by atoms with van der Waals surface area (Å²) in [5.41, 5.74) is 7.42. The maximum absolute atomic E-state index is 5.95. The quantitative estimate of drug-likeness (QED) is 0.920.